The van der Waals surface area contributed by atoms with Crippen LogP contribution >= 0.6 is 11.6 Å². The van der Waals surface area contributed by atoms with Crippen LogP contribution < -0.4 is 10.6 Å². The van der Waals surface area contributed by atoms with E-state index in [2.05, 4.69) is 24.5 Å². The highest BCUT2D eigenvalue weighted by atomic mass is 35.5. The average Bonchev–Trinajstić information content (AvgIpc) is 2.75. The van der Waals surface area contributed by atoms with E-state index in [4.69, 9.17) is 21.4 Å². The molecule has 9 nitrogen and oxygen atoms in total. The Hall–Kier alpha value is -2.81. The van der Waals surface area contributed by atoms with Crippen LogP contribution in [0.5, 0.6) is 0 Å². The summed E-state index contributed by atoms with van der Waals surface area (Å²) < 4.78 is 5.19. The molecule has 2 atom stereocenters. The molecule has 0 spiro atoms. The molecule has 0 aliphatic carbocycles. The van der Waals surface area contributed by atoms with Gasteiger partial charge < -0.3 is 25.4 Å². The van der Waals surface area contributed by atoms with Gasteiger partial charge in [-0.3, -0.25) is 14.4 Å². The predicted octanol–water partition coefficient (Wildman–Crippen LogP) is 4.15. The van der Waals surface area contributed by atoms with Crippen LogP contribution in [-0.2, 0) is 19.1 Å². The van der Waals surface area contributed by atoms with Crippen molar-refractivity contribution in [2.45, 2.75) is 78.5 Å². The Balaban J connectivity index is 2.01. The lowest BCUT2D eigenvalue weighted by Crippen LogP contribution is -2.59. The Kier molecular flexibility index (Phi) is 9.77. The summed E-state index contributed by atoms with van der Waals surface area (Å²) >= 11 is 6.04. The number of amides is 3. The molecule has 36 heavy (non-hydrogen) atoms. The zero-order valence-corrected chi connectivity index (χ0v) is 22.6. The lowest BCUT2D eigenvalue weighted by Gasteiger charge is -2.45. The van der Waals surface area contributed by atoms with Gasteiger partial charge in [0, 0.05) is 18.1 Å². The Morgan fingerprint density at radius 3 is 2.31 bits per heavy atom. The number of benzene rings is 1. The first kappa shape index (κ1) is 29.4. The molecular formula is C26H38ClN3O6. The first-order valence-electron chi connectivity index (χ1n) is 12.2. The Morgan fingerprint density at radius 1 is 1.17 bits per heavy atom. The van der Waals surface area contributed by atoms with Gasteiger partial charge >= 0.3 is 18.0 Å². The van der Waals surface area contributed by atoms with Crippen molar-refractivity contribution >= 4 is 35.5 Å². The molecule has 0 radical (unpaired) electrons. The van der Waals surface area contributed by atoms with Gasteiger partial charge in [-0.15, -0.1) is 0 Å². The highest BCUT2D eigenvalue weighted by Crippen LogP contribution is 2.42. The number of hydrogen-bond donors (Lipinski definition) is 3. The molecule has 1 aromatic rings. The van der Waals surface area contributed by atoms with Crippen LogP contribution in [0.15, 0.2) is 24.3 Å². The minimum Gasteiger partial charge on any atom is -0.481 e. The number of ether oxygens (including phenoxy) is 1. The molecule has 1 aliphatic rings. The number of hydrogen-bond acceptors (Lipinski definition) is 5. The van der Waals surface area contributed by atoms with Gasteiger partial charge in [0.15, 0.2) is 5.72 Å². The molecule has 2 unspecified atom stereocenters. The summed E-state index contributed by atoms with van der Waals surface area (Å²) in [6.45, 7) is 12.0. The monoisotopic (exact) mass is 523 g/mol. The standard InChI is InChI=1S/C26H38ClN3O6/c1-16(2)22(28-24(35)29-26(5,6)36-21(33)12-11-20(31)32)23(34)30-14-13-19(25(3,4)15-30)17-7-9-18(27)10-8-17/h7-10,16,19,22H,11-15H2,1-6H3,(H,31,32)(H2,28,29,35). The second-order valence-electron chi connectivity index (χ2n) is 10.8. The molecule has 0 bridgehead atoms. The molecule has 1 aliphatic heterocycles. The number of rotatable bonds is 9. The van der Waals surface area contributed by atoms with E-state index >= 15 is 0 Å². The van der Waals surface area contributed by atoms with Crippen molar-refractivity contribution in [3.63, 3.8) is 0 Å². The summed E-state index contributed by atoms with van der Waals surface area (Å²) in [5.41, 5.74) is -0.379. The summed E-state index contributed by atoms with van der Waals surface area (Å²) in [5.74, 6) is -1.94. The average molecular weight is 524 g/mol. The third-order valence-corrected chi connectivity index (χ3v) is 6.61. The molecular weight excluding hydrogens is 486 g/mol. The summed E-state index contributed by atoms with van der Waals surface area (Å²) in [6, 6.07) is 6.40. The Labute approximate surface area is 217 Å². The van der Waals surface area contributed by atoms with E-state index < -0.39 is 29.7 Å². The maximum absolute atomic E-state index is 13.5. The number of esters is 1. The fourth-order valence-corrected chi connectivity index (χ4v) is 4.71. The number of likely N-dealkylation sites (tertiary alicyclic amines) is 1. The van der Waals surface area contributed by atoms with E-state index in [1.807, 2.05) is 38.1 Å². The van der Waals surface area contributed by atoms with Crippen LogP contribution in [0.3, 0.4) is 0 Å². The number of carboxylic acids is 1. The molecule has 0 aromatic heterocycles. The van der Waals surface area contributed by atoms with Crippen LogP contribution in [0.2, 0.25) is 5.02 Å². The molecule has 2 rings (SSSR count). The number of urea groups is 1. The molecule has 1 aromatic carbocycles. The van der Waals surface area contributed by atoms with Crippen molar-refractivity contribution in [2.75, 3.05) is 13.1 Å². The number of carbonyl (C=O) groups is 4. The largest absolute Gasteiger partial charge is 0.481 e. The molecule has 3 amide bonds. The molecule has 200 valence electrons. The number of aliphatic carboxylic acids is 1. The van der Waals surface area contributed by atoms with Crippen LogP contribution in [-0.4, -0.2) is 58.7 Å². The lowest BCUT2D eigenvalue weighted by molar-refractivity contribution is -0.160. The third kappa shape index (κ3) is 8.40. The van der Waals surface area contributed by atoms with Gasteiger partial charge in [0.1, 0.15) is 6.04 Å². The first-order valence-corrected chi connectivity index (χ1v) is 12.6. The van der Waals surface area contributed by atoms with Crippen molar-refractivity contribution in [3.8, 4) is 0 Å². The summed E-state index contributed by atoms with van der Waals surface area (Å²) in [5, 5.41) is 14.7. The quantitative estimate of drug-likeness (QED) is 0.330. The van der Waals surface area contributed by atoms with Gasteiger partial charge in [-0.2, -0.15) is 0 Å². The molecule has 3 N–H and O–H groups in total. The van der Waals surface area contributed by atoms with E-state index in [1.54, 1.807) is 4.90 Å². The fraction of sp³-hybridized carbons (Fsp3) is 0.615. The molecule has 1 heterocycles. The molecule has 0 saturated carbocycles. The van der Waals surface area contributed by atoms with E-state index in [9.17, 15) is 19.2 Å². The zero-order chi connectivity index (χ0) is 27.3. The van der Waals surface area contributed by atoms with Crippen LogP contribution in [0.4, 0.5) is 4.79 Å². The number of carbonyl (C=O) groups excluding carboxylic acids is 3. The van der Waals surface area contributed by atoms with Gasteiger partial charge in [0.05, 0.1) is 12.8 Å². The number of piperidine rings is 1. The summed E-state index contributed by atoms with van der Waals surface area (Å²) in [4.78, 5) is 50.5. The van der Waals surface area contributed by atoms with Crippen LogP contribution in [0, 0.1) is 11.3 Å². The SMILES string of the molecule is CC(C)C(NC(=O)NC(C)(C)OC(=O)CCC(=O)O)C(=O)N1CCC(c2ccc(Cl)cc2)C(C)(C)C1. The van der Waals surface area contributed by atoms with E-state index in [0.29, 0.717) is 18.1 Å². The zero-order valence-electron chi connectivity index (χ0n) is 21.9. The van der Waals surface area contributed by atoms with Gasteiger partial charge in [0.25, 0.3) is 0 Å². The fourth-order valence-electron chi connectivity index (χ4n) is 4.59. The number of nitrogens with zero attached hydrogens (tertiary/aromatic N) is 1. The first-order chi connectivity index (χ1) is 16.6. The van der Waals surface area contributed by atoms with Gasteiger partial charge in [-0.1, -0.05) is 51.4 Å². The topological polar surface area (TPSA) is 125 Å². The maximum atomic E-state index is 13.5. The normalized spacial score (nSPS) is 18.3. The maximum Gasteiger partial charge on any atom is 0.318 e. The number of nitrogens with one attached hydrogen (secondary N) is 2. The van der Waals surface area contributed by atoms with Crippen LogP contribution in [0.25, 0.3) is 0 Å². The molecule has 1 fully saturated rings. The highest BCUT2D eigenvalue weighted by molar-refractivity contribution is 6.30. The molecule has 10 heteroatoms. The second kappa shape index (κ2) is 12.0. The Morgan fingerprint density at radius 2 is 1.78 bits per heavy atom. The number of carboxylic acid groups (broad SMARTS) is 1. The van der Waals surface area contributed by atoms with E-state index in [0.717, 1.165) is 6.42 Å². The van der Waals surface area contributed by atoms with Crippen molar-refractivity contribution in [1.29, 1.82) is 0 Å². The van der Waals surface area contributed by atoms with Crippen molar-refractivity contribution in [3.05, 3.63) is 34.9 Å². The Bertz CT molecular complexity index is 961. The van der Waals surface area contributed by atoms with Gasteiger partial charge in [-0.25, -0.2) is 4.79 Å². The summed E-state index contributed by atoms with van der Waals surface area (Å²) in [7, 11) is 0. The number of halogens is 1. The lowest BCUT2D eigenvalue weighted by atomic mass is 9.70. The predicted molar refractivity (Wildman–Crippen MR) is 137 cm³/mol. The van der Waals surface area contributed by atoms with Crippen LogP contribution in [0.1, 0.15) is 72.3 Å². The highest BCUT2D eigenvalue weighted by Gasteiger charge is 2.40. The van der Waals surface area contributed by atoms with Crippen molar-refractivity contribution < 1.29 is 29.0 Å². The molecule has 1 saturated heterocycles. The minimum atomic E-state index is -1.39. The second-order valence-corrected chi connectivity index (χ2v) is 11.3. The van der Waals surface area contributed by atoms with Gasteiger partial charge in [-0.05, 0) is 55.2 Å². The minimum absolute atomic E-state index is 0.168. The van der Waals surface area contributed by atoms with E-state index in [1.165, 1.54) is 19.4 Å². The summed E-state index contributed by atoms with van der Waals surface area (Å²) in [6.07, 6.45) is 0.115. The smallest absolute Gasteiger partial charge is 0.318 e. The van der Waals surface area contributed by atoms with Crippen molar-refractivity contribution in [2.24, 2.45) is 11.3 Å². The van der Waals surface area contributed by atoms with Gasteiger partial charge in [0.2, 0.25) is 5.91 Å². The van der Waals surface area contributed by atoms with E-state index in [-0.39, 0.29) is 36.0 Å². The van der Waals surface area contributed by atoms with Crippen molar-refractivity contribution in [1.82, 2.24) is 15.5 Å². The third-order valence-electron chi connectivity index (χ3n) is 6.36.